The Morgan fingerprint density at radius 1 is 1.25 bits per heavy atom. The molecule has 0 unspecified atom stereocenters. The number of fused-ring (bicyclic) bond motifs is 1. The van der Waals surface area contributed by atoms with E-state index in [1.54, 1.807) is 43.4 Å². The number of carbonyl (C=O) groups is 1. The lowest BCUT2D eigenvalue weighted by atomic mass is 10.0. The minimum atomic E-state index is -3.95. The van der Waals surface area contributed by atoms with Crippen LogP contribution in [0.3, 0.4) is 0 Å². The zero-order valence-electron chi connectivity index (χ0n) is 21.0. The third kappa shape index (κ3) is 5.63. The summed E-state index contributed by atoms with van der Waals surface area (Å²) in [6.45, 7) is 3.70. The number of urea groups is 1. The maximum absolute atomic E-state index is 13.6. The molecule has 2 amide bonds. The van der Waals surface area contributed by atoms with Crippen molar-refractivity contribution in [1.82, 2.24) is 24.5 Å². The highest BCUT2D eigenvalue weighted by molar-refractivity contribution is 7.89. The molecule has 3 atom stereocenters. The molecule has 1 saturated carbocycles. The molecule has 0 bridgehead atoms. The van der Waals surface area contributed by atoms with Crippen molar-refractivity contribution in [3.63, 3.8) is 0 Å². The van der Waals surface area contributed by atoms with Gasteiger partial charge >= 0.3 is 6.03 Å². The molecule has 2 aromatic rings. The Bertz CT molecular complexity index is 1160. The Morgan fingerprint density at radius 2 is 1.94 bits per heavy atom. The van der Waals surface area contributed by atoms with Crippen LogP contribution in [0.5, 0.6) is 5.75 Å². The van der Waals surface area contributed by atoms with E-state index in [1.165, 1.54) is 16.7 Å². The number of carbonyl (C=O) groups excluding carboxylic acids is 1. The number of hydrogen-bond donors (Lipinski definition) is 2. The van der Waals surface area contributed by atoms with Crippen molar-refractivity contribution in [3.8, 4) is 16.9 Å². The van der Waals surface area contributed by atoms with Gasteiger partial charge < -0.3 is 20.1 Å². The Labute approximate surface area is 212 Å². The number of nitrogens with zero attached hydrogens (tertiary/aromatic N) is 4. The summed E-state index contributed by atoms with van der Waals surface area (Å²) in [5.74, 6) is -0.0555. The number of aliphatic hydroxyl groups excluding tert-OH is 1. The van der Waals surface area contributed by atoms with Crippen LogP contribution in [-0.2, 0) is 10.0 Å². The van der Waals surface area contributed by atoms with E-state index in [2.05, 4.69) is 15.3 Å². The molecule has 0 spiro atoms. The van der Waals surface area contributed by atoms with Crippen LogP contribution < -0.4 is 10.1 Å². The summed E-state index contributed by atoms with van der Waals surface area (Å²) < 4.78 is 35.0. The molecule has 2 heterocycles. The van der Waals surface area contributed by atoms with Gasteiger partial charge in [-0.15, -0.1) is 0 Å². The summed E-state index contributed by atoms with van der Waals surface area (Å²) in [5.41, 5.74) is 1.44. The van der Waals surface area contributed by atoms with Gasteiger partial charge in [0, 0.05) is 49.6 Å². The first kappa shape index (κ1) is 26.3. The van der Waals surface area contributed by atoms with E-state index in [0.717, 1.165) is 31.2 Å². The smallest absolute Gasteiger partial charge is 0.317 e. The van der Waals surface area contributed by atoms with Gasteiger partial charge in [0.25, 0.3) is 0 Å². The molecule has 10 nitrogen and oxygen atoms in total. The predicted molar refractivity (Wildman–Crippen MR) is 135 cm³/mol. The molecular weight excluding hydrogens is 482 g/mol. The van der Waals surface area contributed by atoms with Crippen LogP contribution in [0.4, 0.5) is 4.79 Å². The summed E-state index contributed by atoms with van der Waals surface area (Å²) in [6, 6.07) is 4.31. The maximum Gasteiger partial charge on any atom is 0.317 e. The van der Waals surface area contributed by atoms with Crippen molar-refractivity contribution in [3.05, 3.63) is 36.9 Å². The Balaban J connectivity index is 1.68. The molecule has 196 valence electrons. The number of benzene rings is 1. The molecule has 2 N–H and O–H groups in total. The van der Waals surface area contributed by atoms with E-state index >= 15 is 0 Å². The average molecular weight is 518 g/mol. The third-order valence-corrected chi connectivity index (χ3v) is 9.06. The van der Waals surface area contributed by atoms with Crippen LogP contribution in [0.2, 0.25) is 0 Å². The average Bonchev–Trinajstić information content (AvgIpc) is 3.39. The highest BCUT2D eigenvalue weighted by Crippen LogP contribution is 2.36. The SMILES string of the molecule is C[C@@H]1CN([C@H](C)CO)S(=O)(=O)c2ccc(-c3cncnc3)cc2O[C@H]1CN(C)C(=O)NC1CCCC1. The van der Waals surface area contributed by atoms with Gasteiger partial charge in [0.1, 0.15) is 23.1 Å². The summed E-state index contributed by atoms with van der Waals surface area (Å²) in [6.07, 6.45) is 8.46. The maximum atomic E-state index is 13.6. The number of aliphatic hydroxyl groups is 1. The van der Waals surface area contributed by atoms with Crippen molar-refractivity contribution in [1.29, 1.82) is 0 Å². The molecule has 1 aromatic carbocycles. The number of hydrogen-bond acceptors (Lipinski definition) is 7. The Kier molecular flexibility index (Phi) is 8.11. The van der Waals surface area contributed by atoms with Gasteiger partial charge in [-0.25, -0.2) is 23.2 Å². The topological polar surface area (TPSA) is 125 Å². The molecule has 36 heavy (non-hydrogen) atoms. The molecule has 1 fully saturated rings. The normalized spacial score (nSPS) is 23.1. The zero-order valence-corrected chi connectivity index (χ0v) is 21.8. The van der Waals surface area contributed by atoms with Crippen LogP contribution in [0, 0.1) is 5.92 Å². The van der Waals surface area contributed by atoms with Gasteiger partial charge in [-0.3, -0.25) is 0 Å². The second-order valence-corrected chi connectivity index (χ2v) is 11.7. The second kappa shape index (κ2) is 11.1. The lowest BCUT2D eigenvalue weighted by Crippen LogP contribution is -2.51. The zero-order chi connectivity index (χ0) is 25.9. The number of amides is 2. The highest BCUT2D eigenvalue weighted by Gasteiger charge is 2.38. The number of rotatable bonds is 6. The first-order chi connectivity index (χ1) is 17.2. The summed E-state index contributed by atoms with van der Waals surface area (Å²) in [4.78, 5) is 22.6. The van der Waals surface area contributed by atoms with Crippen molar-refractivity contribution in [2.75, 3.05) is 26.7 Å². The number of aromatic nitrogens is 2. The van der Waals surface area contributed by atoms with Crippen molar-refractivity contribution in [2.45, 2.75) is 62.6 Å². The number of nitrogens with one attached hydrogen (secondary N) is 1. The number of likely N-dealkylation sites (N-methyl/N-ethyl adjacent to an activating group) is 1. The van der Waals surface area contributed by atoms with E-state index in [1.807, 2.05) is 6.92 Å². The minimum Gasteiger partial charge on any atom is -0.487 e. The molecule has 1 aromatic heterocycles. The molecule has 1 aliphatic heterocycles. The fraction of sp³-hybridized carbons (Fsp3) is 0.560. The van der Waals surface area contributed by atoms with Crippen molar-refractivity contribution >= 4 is 16.1 Å². The number of ether oxygens (including phenoxy) is 1. The van der Waals surface area contributed by atoms with Gasteiger partial charge in [-0.1, -0.05) is 25.8 Å². The second-order valence-electron chi connectivity index (χ2n) is 9.84. The lowest BCUT2D eigenvalue weighted by molar-refractivity contribution is 0.0809. The first-order valence-electron chi connectivity index (χ1n) is 12.4. The molecule has 0 radical (unpaired) electrons. The van der Waals surface area contributed by atoms with Crippen molar-refractivity contribution in [2.24, 2.45) is 5.92 Å². The van der Waals surface area contributed by atoms with Crippen LogP contribution in [0.1, 0.15) is 39.5 Å². The van der Waals surface area contributed by atoms with Crippen LogP contribution in [0.15, 0.2) is 41.8 Å². The van der Waals surface area contributed by atoms with Gasteiger partial charge in [-0.2, -0.15) is 4.31 Å². The fourth-order valence-corrected chi connectivity index (χ4v) is 6.60. The lowest BCUT2D eigenvalue weighted by Gasteiger charge is -2.37. The fourth-order valence-electron chi connectivity index (χ4n) is 4.78. The van der Waals surface area contributed by atoms with E-state index in [4.69, 9.17) is 4.74 Å². The summed E-state index contributed by atoms with van der Waals surface area (Å²) in [7, 11) is -2.22. The standard InChI is InChI=1S/C25H35N5O5S/c1-17-13-30(18(2)15-31)36(33,34)24-9-8-19(20-11-26-16-27-12-20)10-22(24)35-23(17)14-29(3)25(32)28-21-6-4-5-7-21/h8-12,16-18,21,23,31H,4-7,13-15H2,1-3H3,(H,28,32)/t17-,18-,23+/m1/s1. The van der Waals surface area contributed by atoms with Gasteiger partial charge in [0.05, 0.1) is 13.2 Å². The van der Waals surface area contributed by atoms with Crippen LogP contribution in [0.25, 0.3) is 11.1 Å². The monoisotopic (exact) mass is 517 g/mol. The predicted octanol–water partition coefficient (Wildman–Crippen LogP) is 2.50. The Morgan fingerprint density at radius 3 is 2.61 bits per heavy atom. The summed E-state index contributed by atoms with van der Waals surface area (Å²) in [5, 5.41) is 12.9. The molecule has 1 aliphatic carbocycles. The van der Waals surface area contributed by atoms with Crippen LogP contribution in [-0.4, -0.2) is 83.7 Å². The minimum absolute atomic E-state index is 0.0263. The number of sulfonamides is 1. The van der Waals surface area contributed by atoms with Gasteiger partial charge in [0.2, 0.25) is 10.0 Å². The van der Waals surface area contributed by atoms with E-state index in [0.29, 0.717) is 5.56 Å². The van der Waals surface area contributed by atoms with E-state index in [-0.39, 0.29) is 48.3 Å². The molecule has 11 heteroatoms. The van der Waals surface area contributed by atoms with Gasteiger partial charge in [0.15, 0.2) is 0 Å². The third-order valence-electron chi connectivity index (χ3n) is 7.04. The Hall–Kier alpha value is -2.76. The quantitative estimate of drug-likeness (QED) is 0.603. The molecule has 2 aliphatic rings. The largest absolute Gasteiger partial charge is 0.487 e. The van der Waals surface area contributed by atoms with E-state index in [9.17, 15) is 18.3 Å². The summed E-state index contributed by atoms with van der Waals surface area (Å²) >= 11 is 0. The highest BCUT2D eigenvalue weighted by atomic mass is 32.2. The first-order valence-corrected chi connectivity index (χ1v) is 13.8. The molecule has 0 saturated heterocycles. The van der Waals surface area contributed by atoms with Crippen LogP contribution >= 0.6 is 0 Å². The van der Waals surface area contributed by atoms with Crippen molar-refractivity contribution < 1.29 is 23.1 Å². The molecular formula is C25H35N5O5S. The van der Waals surface area contributed by atoms with E-state index < -0.39 is 22.2 Å². The van der Waals surface area contributed by atoms with Gasteiger partial charge in [-0.05, 0) is 37.5 Å². The molecule has 4 rings (SSSR count).